The maximum atomic E-state index is 14.1. The average molecular weight is 275 g/mol. The standard InChI is InChI=1S/C16H15F2NO/c1-20-11-6-5-10-7-8-16(19,13(10)9-11)12-3-2-4-14(17)15(12)18/h2-6,9H,7-8,19H2,1H3. The van der Waals surface area contributed by atoms with Crippen LogP contribution in [0.1, 0.15) is 23.1 Å². The fourth-order valence-corrected chi connectivity index (χ4v) is 2.91. The van der Waals surface area contributed by atoms with Gasteiger partial charge in [-0.25, -0.2) is 8.78 Å². The Morgan fingerprint density at radius 1 is 1.15 bits per heavy atom. The van der Waals surface area contributed by atoms with Crippen LogP contribution in [0.5, 0.6) is 5.75 Å². The molecule has 0 bridgehead atoms. The predicted molar refractivity (Wildman–Crippen MR) is 72.6 cm³/mol. The smallest absolute Gasteiger partial charge is 0.164 e. The van der Waals surface area contributed by atoms with Crippen LogP contribution in [-0.2, 0) is 12.0 Å². The van der Waals surface area contributed by atoms with Crippen LogP contribution in [0.4, 0.5) is 8.78 Å². The highest BCUT2D eigenvalue weighted by Gasteiger charge is 2.39. The molecule has 0 spiro atoms. The largest absolute Gasteiger partial charge is 0.497 e. The van der Waals surface area contributed by atoms with E-state index < -0.39 is 17.2 Å². The van der Waals surface area contributed by atoms with E-state index in [1.165, 1.54) is 6.07 Å². The molecule has 0 aliphatic heterocycles. The summed E-state index contributed by atoms with van der Waals surface area (Å²) < 4.78 is 32.8. The molecule has 0 radical (unpaired) electrons. The van der Waals surface area contributed by atoms with Crippen LogP contribution in [0.3, 0.4) is 0 Å². The molecule has 1 aliphatic rings. The second kappa shape index (κ2) is 4.56. The highest BCUT2D eigenvalue weighted by atomic mass is 19.2. The van der Waals surface area contributed by atoms with E-state index in [1.807, 2.05) is 18.2 Å². The molecule has 20 heavy (non-hydrogen) atoms. The van der Waals surface area contributed by atoms with E-state index in [0.717, 1.165) is 23.6 Å². The van der Waals surface area contributed by atoms with Crippen molar-refractivity contribution in [3.05, 3.63) is 64.7 Å². The summed E-state index contributed by atoms with van der Waals surface area (Å²) in [6.45, 7) is 0. The Morgan fingerprint density at radius 2 is 1.95 bits per heavy atom. The molecule has 0 aromatic heterocycles. The van der Waals surface area contributed by atoms with Crippen LogP contribution >= 0.6 is 0 Å². The second-order valence-corrected chi connectivity index (χ2v) is 5.10. The first kappa shape index (κ1) is 13.1. The average Bonchev–Trinajstić information content (AvgIpc) is 2.80. The third-order valence-corrected chi connectivity index (χ3v) is 4.02. The number of ether oxygens (including phenoxy) is 1. The van der Waals surface area contributed by atoms with Crippen LogP contribution in [0, 0.1) is 11.6 Å². The van der Waals surface area contributed by atoms with E-state index in [0.29, 0.717) is 12.2 Å². The van der Waals surface area contributed by atoms with Crippen molar-refractivity contribution in [2.75, 3.05) is 7.11 Å². The zero-order valence-electron chi connectivity index (χ0n) is 11.1. The minimum absolute atomic E-state index is 0.199. The van der Waals surface area contributed by atoms with Gasteiger partial charge < -0.3 is 10.5 Å². The van der Waals surface area contributed by atoms with Gasteiger partial charge in [0.2, 0.25) is 0 Å². The Labute approximate surface area is 116 Å². The molecule has 3 rings (SSSR count). The van der Waals surface area contributed by atoms with E-state index in [-0.39, 0.29) is 5.56 Å². The van der Waals surface area contributed by atoms with Crippen molar-refractivity contribution in [3.8, 4) is 5.75 Å². The quantitative estimate of drug-likeness (QED) is 0.914. The van der Waals surface area contributed by atoms with Gasteiger partial charge in [-0.05, 0) is 42.2 Å². The summed E-state index contributed by atoms with van der Waals surface area (Å²) in [7, 11) is 1.57. The Balaban J connectivity index is 2.19. The first-order valence-corrected chi connectivity index (χ1v) is 6.47. The van der Waals surface area contributed by atoms with Crippen molar-refractivity contribution in [2.24, 2.45) is 5.73 Å². The van der Waals surface area contributed by atoms with E-state index >= 15 is 0 Å². The van der Waals surface area contributed by atoms with Crippen molar-refractivity contribution >= 4 is 0 Å². The highest BCUT2D eigenvalue weighted by Crippen LogP contribution is 2.42. The molecular weight excluding hydrogens is 260 g/mol. The van der Waals surface area contributed by atoms with Gasteiger partial charge in [0, 0.05) is 5.56 Å². The minimum atomic E-state index is -1.00. The highest BCUT2D eigenvalue weighted by molar-refractivity contribution is 5.50. The van der Waals surface area contributed by atoms with E-state index in [1.54, 1.807) is 13.2 Å². The zero-order valence-corrected chi connectivity index (χ0v) is 11.1. The van der Waals surface area contributed by atoms with Gasteiger partial charge in [0.05, 0.1) is 12.6 Å². The summed E-state index contributed by atoms with van der Waals surface area (Å²) in [5, 5.41) is 0. The fraction of sp³-hybridized carbons (Fsp3) is 0.250. The molecule has 0 saturated heterocycles. The normalized spacial score (nSPS) is 20.8. The van der Waals surface area contributed by atoms with Crippen molar-refractivity contribution in [1.82, 2.24) is 0 Å². The van der Waals surface area contributed by atoms with Crippen molar-refractivity contribution in [2.45, 2.75) is 18.4 Å². The molecule has 0 saturated carbocycles. The zero-order chi connectivity index (χ0) is 14.3. The van der Waals surface area contributed by atoms with Crippen molar-refractivity contribution < 1.29 is 13.5 Å². The van der Waals surface area contributed by atoms with Crippen molar-refractivity contribution in [3.63, 3.8) is 0 Å². The molecule has 4 heteroatoms. The number of aryl methyl sites for hydroxylation is 1. The lowest BCUT2D eigenvalue weighted by molar-refractivity contribution is 0.411. The van der Waals surface area contributed by atoms with Gasteiger partial charge in [-0.1, -0.05) is 18.2 Å². The predicted octanol–water partition coefficient (Wildman–Crippen LogP) is 3.12. The molecule has 1 atom stereocenters. The second-order valence-electron chi connectivity index (χ2n) is 5.10. The fourth-order valence-electron chi connectivity index (χ4n) is 2.91. The third-order valence-electron chi connectivity index (χ3n) is 4.02. The Bertz CT molecular complexity index is 672. The van der Waals surface area contributed by atoms with E-state index in [2.05, 4.69) is 0 Å². The van der Waals surface area contributed by atoms with Crippen molar-refractivity contribution in [1.29, 1.82) is 0 Å². The number of benzene rings is 2. The summed E-state index contributed by atoms with van der Waals surface area (Å²) in [6, 6.07) is 9.73. The summed E-state index contributed by atoms with van der Waals surface area (Å²) in [6.07, 6.45) is 1.29. The SMILES string of the molecule is COc1ccc2c(c1)C(N)(c1cccc(F)c1F)CC2. The first-order valence-electron chi connectivity index (χ1n) is 6.47. The number of hydrogen-bond acceptors (Lipinski definition) is 2. The number of fused-ring (bicyclic) bond motifs is 1. The lowest BCUT2D eigenvalue weighted by Crippen LogP contribution is -2.36. The molecule has 1 unspecified atom stereocenters. The molecule has 1 aliphatic carbocycles. The van der Waals surface area contributed by atoms with Crippen LogP contribution in [-0.4, -0.2) is 7.11 Å². The Kier molecular flexibility index (Phi) is 2.98. The van der Waals surface area contributed by atoms with Gasteiger partial charge in [0.25, 0.3) is 0 Å². The van der Waals surface area contributed by atoms with E-state index in [4.69, 9.17) is 10.5 Å². The topological polar surface area (TPSA) is 35.2 Å². The lowest BCUT2D eigenvalue weighted by Gasteiger charge is -2.27. The van der Waals surface area contributed by atoms with Crippen LogP contribution in [0.15, 0.2) is 36.4 Å². The number of methoxy groups -OCH3 is 1. The van der Waals surface area contributed by atoms with Crippen LogP contribution in [0.25, 0.3) is 0 Å². The summed E-state index contributed by atoms with van der Waals surface area (Å²) in [5.74, 6) is -1.08. The third kappa shape index (κ3) is 1.79. The Morgan fingerprint density at radius 3 is 2.70 bits per heavy atom. The van der Waals surface area contributed by atoms with E-state index in [9.17, 15) is 8.78 Å². The van der Waals surface area contributed by atoms with Crippen LogP contribution in [0.2, 0.25) is 0 Å². The van der Waals surface area contributed by atoms with Crippen LogP contribution < -0.4 is 10.5 Å². The molecule has 2 aromatic rings. The first-order chi connectivity index (χ1) is 9.56. The molecule has 0 heterocycles. The molecule has 2 aromatic carbocycles. The van der Waals surface area contributed by atoms with Gasteiger partial charge in [-0.2, -0.15) is 0 Å². The van der Waals surface area contributed by atoms with Gasteiger partial charge in [0.15, 0.2) is 11.6 Å². The van der Waals surface area contributed by atoms with Gasteiger partial charge in [-0.15, -0.1) is 0 Å². The number of nitrogens with two attached hydrogens (primary N) is 1. The van der Waals surface area contributed by atoms with Gasteiger partial charge in [-0.3, -0.25) is 0 Å². The maximum absolute atomic E-state index is 14.1. The summed E-state index contributed by atoms with van der Waals surface area (Å²) >= 11 is 0. The monoisotopic (exact) mass is 275 g/mol. The summed E-state index contributed by atoms with van der Waals surface area (Å²) in [5.41, 5.74) is 7.48. The lowest BCUT2D eigenvalue weighted by atomic mass is 9.84. The molecular formula is C16H15F2NO. The van der Waals surface area contributed by atoms with Gasteiger partial charge in [0.1, 0.15) is 5.75 Å². The molecule has 2 N–H and O–H groups in total. The molecule has 0 amide bonds. The van der Waals surface area contributed by atoms with Gasteiger partial charge >= 0.3 is 0 Å². The number of rotatable bonds is 2. The maximum Gasteiger partial charge on any atom is 0.164 e. The summed E-state index contributed by atoms with van der Waals surface area (Å²) in [4.78, 5) is 0. The molecule has 2 nitrogen and oxygen atoms in total. The Hall–Kier alpha value is -1.94. The number of halogens is 2. The molecule has 0 fully saturated rings. The molecule has 104 valence electrons. The minimum Gasteiger partial charge on any atom is -0.497 e. The number of hydrogen-bond donors (Lipinski definition) is 1.